The Bertz CT molecular complexity index is 5510. The summed E-state index contributed by atoms with van der Waals surface area (Å²) in [7, 11) is 0. The van der Waals surface area contributed by atoms with Crippen LogP contribution in [0.1, 0.15) is 0 Å². The van der Waals surface area contributed by atoms with E-state index in [1.54, 1.807) is 0 Å². The van der Waals surface area contributed by atoms with Gasteiger partial charge in [0.1, 0.15) is 22.3 Å². The van der Waals surface area contributed by atoms with Crippen molar-refractivity contribution in [3.63, 3.8) is 0 Å². The molecule has 0 N–H and O–H groups in total. The Labute approximate surface area is 480 Å². The second-order valence-electron chi connectivity index (χ2n) is 21.4. The maximum absolute atomic E-state index is 6.89. The third kappa shape index (κ3) is 7.99. The van der Waals surface area contributed by atoms with Crippen molar-refractivity contribution in [2.24, 2.45) is 0 Å². The van der Waals surface area contributed by atoms with E-state index in [2.05, 4.69) is 212 Å². The Morgan fingerprint density at radius 1 is 0.190 bits per heavy atom. The van der Waals surface area contributed by atoms with Crippen LogP contribution in [0.15, 0.2) is 276 Å². The molecule has 0 saturated carbocycles. The van der Waals surface area contributed by atoms with Crippen LogP contribution in [-0.4, -0.2) is 29.9 Å². The van der Waals surface area contributed by atoms with E-state index in [1.807, 2.05) is 54.6 Å². The molecule has 4 aromatic heterocycles. The zero-order valence-electron chi connectivity index (χ0n) is 44.9. The number of para-hydroxylation sites is 2. The zero-order chi connectivity index (χ0) is 55.2. The maximum Gasteiger partial charge on any atom is 0.164 e. The molecule has 17 aromatic rings. The average Bonchev–Trinajstić information content (AvgIpc) is 4.33. The topological polar surface area (TPSA) is 104 Å². The van der Waals surface area contributed by atoms with Crippen LogP contribution in [0.2, 0.25) is 0 Å². The van der Waals surface area contributed by atoms with Crippen molar-refractivity contribution in [1.29, 1.82) is 0 Å². The highest BCUT2D eigenvalue weighted by atomic mass is 16.3. The lowest BCUT2D eigenvalue weighted by atomic mass is 9.97. The molecule has 0 amide bonds. The van der Waals surface area contributed by atoms with Gasteiger partial charge in [0.2, 0.25) is 0 Å². The molecule has 0 unspecified atom stereocenters. The summed E-state index contributed by atoms with van der Waals surface area (Å²) in [5.74, 6) is 3.57. The highest BCUT2D eigenvalue weighted by molar-refractivity contribution is 6.15. The van der Waals surface area contributed by atoms with Gasteiger partial charge in [-0.2, -0.15) is 0 Å². The number of aromatic nitrogens is 6. The van der Waals surface area contributed by atoms with Crippen LogP contribution >= 0.6 is 0 Å². The Morgan fingerprint density at radius 2 is 0.667 bits per heavy atom. The molecule has 13 aromatic carbocycles. The van der Waals surface area contributed by atoms with Crippen LogP contribution in [0.4, 0.5) is 0 Å². The van der Waals surface area contributed by atoms with Gasteiger partial charge in [0.25, 0.3) is 0 Å². The second kappa shape index (κ2) is 19.1. The summed E-state index contributed by atoms with van der Waals surface area (Å²) in [6.07, 6.45) is 0. The van der Waals surface area contributed by atoms with Gasteiger partial charge in [-0.3, -0.25) is 0 Å². The van der Waals surface area contributed by atoms with Gasteiger partial charge in [0.05, 0.1) is 0 Å². The summed E-state index contributed by atoms with van der Waals surface area (Å²) in [4.78, 5) is 31.3. The molecule has 0 atom stereocenters. The summed E-state index contributed by atoms with van der Waals surface area (Å²) in [5, 5.41) is 12.7. The van der Waals surface area contributed by atoms with Gasteiger partial charge in [-0.25, -0.2) is 29.9 Å². The number of rotatable bonds is 8. The Morgan fingerprint density at radius 3 is 1.44 bits per heavy atom. The number of nitrogens with zero attached hydrogens (tertiary/aromatic N) is 6. The zero-order valence-corrected chi connectivity index (χ0v) is 44.9. The summed E-state index contributed by atoms with van der Waals surface area (Å²) in [6, 6.07) is 92.5. The summed E-state index contributed by atoms with van der Waals surface area (Å²) in [6.45, 7) is 0. The highest BCUT2D eigenvalue weighted by Gasteiger charge is 2.21. The first-order valence-corrected chi connectivity index (χ1v) is 28.1. The molecule has 0 saturated heterocycles. The number of hydrogen-bond donors (Lipinski definition) is 0. The van der Waals surface area contributed by atoms with Crippen LogP contribution in [0, 0.1) is 0 Å². The minimum Gasteiger partial charge on any atom is -0.456 e. The van der Waals surface area contributed by atoms with Crippen LogP contribution in [-0.2, 0) is 0 Å². The van der Waals surface area contributed by atoms with Crippen molar-refractivity contribution in [3.05, 3.63) is 267 Å². The van der Waals surface area contributed by atoms with Crippen LogP contribution in [0.3, 0.4) is 0 Å². The summed E-state index contributed by atoms with van der Waals surface area (Å²) < 4.78 is 13.3. The minimum atomic E-state index is 0.577. The summed E-state index contributed by atoms with van der Waals surface area (Å²) >= 11 is 0. The van der Waals surface area contributed by atoms with Crippen molar-refractivity contribution in [2.75, 3.05) is 0 Å². The van der Waals surface area contributed by atoms with Gasteiger partial charge < -0.3 is 8.83 Å². The first-order chi connectivity index (χ1) is 41.6. The predicted octanol–water partition coefficient (Wildman–Crippen LogP) is 19.8. The smallest absolute Gasteiger partial charge is 0.164 e. The van der Waals surface area contributed by atoms with E-state index in [0.29, 0.717) is 34.9 Å². The minimum absolute atomic E-state index is 0.577. The van der Waals surface area contributed by atoms with Gasteiger partial charge in [0, 0.05) is 60.5 Å². The predicted molar refractivity (Wildman–Crippen MR) is 341 cm³/mol. The van der Waals surface area contributed by atoms with E-state index < -0.39 is 0 Å². The third-order valence-corrected chi connectivity index (χ3v) is 16.3. The van der Waals surface area contributed by atoms with Gasteiger partial charge in [-0.05, 0) is 108 Å². The van der Waals surface area contributed by atoms with Crippen molar-refractivity contribution >= 4 is 87.0 Å². The highest BCUT2D eigenvalue weighted by Crippen LogP contribution is 2.42. The Balaban J connectivity index is 0.766. The first-order valence-electron chi connectivity index (χ1n) is 28.1. The third-order valence-electron chi connectivity index (χ3n) is 16.3. The SMILES string of the molecule is c1ccc(-c2nc(-c3ccc4cc5oc6c(-c7ccc8ccc(-c9nc(-c%10cccc%11ccccc%10%11)nc(-c%10cccc%11cc%12c(cc%10%11)oc%10ccccc%10%12)n9)cc8c7)cccc6c5cc4c3)nc(-c3ccccc3-c3ccccc3)n2)cc1. The fourth-order valence-electron chi connectivity index (χ4n) is 12.2. The van der Waals surface area contributed by atoms with E-state index in [9.17, 15) is 0 Å². The molecule has 0 aliphatic carbocycles. The van der Waals surface area contributed by atoms with E-state index in [4.69, 9.17) is 38.7 Å². The second-order valence-corrected chi connectivity index (χ2v) is 21.4. The van der Waals surface area contributed by atoms with E-state index in [0.717, 1.165) is 143 Å². The molecule has 8 nitrogen and oxygen atoms in total. The standard InChI is InChI=1S/C76H44N6O2/c1-3-16-46(17-4-1)56-24-9-10-26-61(56)74-78-71(48-19-5-2-6-20-48)77-72(79-74)53-37-34-49-43-68-66(42-55(49)40-53)60-28-15-27-58(70(60)84-68)51-35-32-45-33-36-52(39-54(45)38-51)73-80-75(62-29-13-21-47-18-7-8-23-57(47)62)82-76(81-73)63-30-14-22-50-41-65-59-25-11-12-31-67(59)83-69(65)44-64(50)63/h1-44H. The molecule has 0 bridgehead atoms. The number of hydrogen-bond acceptors (Lipinski definition) is 8. The fourth-order valence-corrected chi connectivity index (χ4v) is 12.2. The average molecular weight is 1070 g/mol. The lowest BCUT2D eigenvalue weighted by Crippen LogP contribution is -2.01. The number of fused-ring (bicyclic) bond motifs is 10. The van der Waals surface area contributed by atoms with Gasteiger partial charge in [-0.15, -0.1) is 0 Å². The molecule has 4 heterocycles. The molecule has 0 radical (unpaired) electrons. The monoisotopic (exact) mass is 1070 g/mol. The molecule has 0 fully saturated rings. The summed E-state index contributed by atoms with van der Waals surface area (Å²) in [5.41, 5.74) is 12.9. The maximum atomic E-state index is 6.89. The van der Waals surface area contributed by atoms with Gasteiger partial charge in [-0.1, -0.05) is 218 Å². The molecule has 84 heavy (non-hydrogen) atoms. The van der Waals surface area contributed by atoms with Crippen LogP contribution < -0.4 is 0 Å². The molecule has 17 rings (SSSR count). The molecule has 390 valence electrons. The van der Waals surface area contributed by atoms with Gasteiger partial charge >= 0.3 is 0 Å². The van der Waals surface area contributed by atoms with Crippen molar-refractivity contribution in [3.8, 4) is 90.6 Å². The normalized spacial score (nSPS) is 11.8. The van der Waals surface area contributed by atoms with Crippen molar-refractivity contribution in [1.82, 2.24) is 29.9 Å². The quantitative estimate of drug-likeness (QED) is 0.148. The van der Waals surface area contributed by atoms with Crippen molar-refractivity contribution in [2.45, 2.75) is 0 Å². The van der Waals surface area contributed by atoms with Crippen LogP contribution in [0.5, 0.6) is 0 Å². The largest absolute Gasteiger partial charge is 0.456 e. The van der Waals surface area contributed by atoms with Crippen molar-refractivity contribution < 1.29 is 8.83 Å². The van der Waals surface area contributed by atoms with E-state index in [1.165, 1.54) is 0 Å². The first kappa shape index (κ1) is 47.3. The molecule has 0 aliphatic rings. The molecular formula is C76H44N6O2. The molecule has 8 heteroatoms. The Hall–Kier alpha value is -11.5. The van der Waals surface area contributed by atoms with E-state index >= 15 is 0 Å². The molecule has 0 spiro atoms. The number of benzene rings is 13. The lowest BCUT2D eigenvalue weighted by molar-refractivity contribution is 0.669. The van der Waals surface area contributed by atoms with E-state index in [-0.39, 0.29) is 0 Å². The molecular weight excluding hydrogens is 1030 g/mol. The Kier molecular flexibility index (Phi) is 10.8. The van der Waals surface area contributed by atoms with Gasteiger partial charge in [0.15, 0.2) is 34.9 Å². The molecule has 0 aliphatic heterocycles. The number of furan rings is 2. The lowest BCUT2D eigenvalue weighted by Gasteiger charge is -2.12. The van der Waals surface area contributed by atoms with Crippen LogP contribution in [0.25, 0.3) is 178 Å². The fraction of sp³-hybridized carbons (Fsp3) is 0.